The molecule has 0 unspecified atom stereocenters. The largest absolute Gasteiger partial charge is 0.478 e. The van der Waals surface area contributed by atoms with Crippen LogP contribution >= 0.6 is 0 Å². The second-order valence-corrected chi connectivity index (χ2v) is 5.35. The van der Waals surface area contributed by atoms with E-state index in [-0.39, 0.29) is 11.6 Å². The third-order valence-electron chi connectivity index (χ3n) is 3.90. The fraction of sp³-hybridized carbons (Fsp3) is 0.158. The number of β-lactam (4-membered cyclic amide) rings is 1. The van der Waals surface area contributed by atoms with Crippen LogP contribution in [0.25, 0.3) is 0 Å². The molecule has 2 aromatic rings. The van der Waals surface area contributed by atoms with E-state index in [0.717, 1.165) is 5.56 Å². The molecule has 0 N–H and O–H groups in total. The van der Waals surface area contributed by atoms with Gasteiger partial charge in [-0.15, -0.1) is 0 Å². The smallest absolute Gasteiger partial charge is 0.354 e. The molecule has 2 aromatic carbocycles. The molecule has 0 saturated carbocycles. The number of esters is 1. The van der Waals surface area contributed by atoms with Crippen molar-refractivity contribution in [3.05, 3.63) is 78.5 Å². The summed E-state index contributed by atoms with van der Waals surface area (Å²) < 4.78 is 10.5. The number of carbonyl (C=O) groups excluding carboxylic acids is 2. The number of nitrogens with zero attached hydrogens (tertiary/aromatic N) is 1. The maximum atomic E-state index is 12.5. The lowest BCUT2D eigenvalue weighted by Crippen LogP contribution is -2.61. The topological polar surface area (TPSA) is 55.8 Å². The summed E-state index contributed by atoms with van der Waals surface area (Å²) in [5, 5.41) is 0. The first-order valence-electron chi connectivity index (χ1n) is 7.50. The summed E-state index contributed by atoms with van der Waals surface area (Å²) in [6.07, 6.45) is -0.712. The van der Waals surface area contributed by atoms with Crippen LogP contribution in [0.1, 0.15) is 11.6 Å². The van der Waals surface area contributed by atoms with Crippen LogP contribution in [0.2, 0.25) is 0 Å². The summed E-state index contributed by atoms with van der Waals surface area (Å²) in [7, 11) is 1.26. The van der Waals surface area contributed by atoms with Gasteiger partial charge in [0.05, 0.1) is 7.11 Å². The van der Waals surface area contributed by atoms with Crippen molar-refractivity contribution >= 4 is 11.9 Å². The van der Waals surface area contributed by atoms with E-state index in [1.54, 1.807) is 12.1 Å². The van der Waals surface area contributed by atoms with Gasteiger partial charge in [-0.25, -0.2) is 4.79 Å². The number of amides is 1. The third kappa shape index (κ3) is 2.76. The maximum absolute atomic E-state index is 12.5. The standard InChI is InChI=1S/C19H17NO4/c1-13(19(22)23-2)20-16(14-9-5-3-6-10-14)17(18(20)21)24-15-11-7-4-8-12-15/h3-12,16-17H,1H2,2H3/t16-,17+/m0/s1. The Morgan fingerprint density at radius 3 is 2.21 bits per heavy atom. The van der Waals surface area contributed by atoms with Crippen molar-refractivity contribution in [1.29, 1.82) is 0 Å². The Morgan fingerprint density at radius 2 is 1.62 bits per heavy atom. The minimum atomic E-state index is -0.712. The lowest BCUT2D eigenvalue weighted by atomic mass is 9.90. The Balaban J connectivity index is 1.90. The van der Waals surface area contributed by atoms with Crippen LogP contribution in [0.3, 0.4) is 0 Å². The Bertz CT molecular complexity index is 757. The number of benzene rings is 2. The van der Waals surface area contributed by atoms with Gasteiger partial charge in [0.25, 0.3) is 5.91 Å². The van der Waals surface area contributed by atoms with Crippen LogP contribution in [0.5, 0.6) is 5.75 Å². The highest BCUT2D eigenvalue weighted by atomic mass is 16.5. The summed E-state index contributed by atoms with van der Waals surface area (Å²) in [6, 6.07) is 18.1. The molecular formula is C19H17NO4. The molecular weight excluding hydrogens is 306 g/mol. The highest BCUT2D eigenvalue weighted by Gasteiger charge is 2.52. The molecule has 1 aliphatic rings. The molecule has 0 spiro atoms. The van der Waals surface area contributed by atoms with E-state index >= 15 is 0 Å². The van der Waals surface area contributed by atoms with Gasteiger partial charge in [-0.1, -0.05) is 55.1 Å². The van der Waals surface area contributed by atoms with E-state index in [4.69, 9.17) is 4.74 Å². The first kappa shape index (κ1) is 15.8. The van der Waals surface area contributed by atoms with Crippen molar-refractivity contribution in [1.82, 2.24) is 4.90 Å². The summed E-state index contributed by atoms with van der Waals surface area (Å²) in [4.78, 5) is 25.6. The van der Waals surface area contributed by atoms with Crippen molar-refractivity contribution in [3.63, 3.8) is 0 Å². The first-order valence-corrected chi connectivity index (χ1v) is 7.50. The van der Waals surface area contributed by atoms with E-state index in [9.17, 15) is 9.59 Å². The van der Waals surface area contributed by atoms with Crippen LogP contribution in [0.15, 0.2) is 72.9 Å². The maximum Gasteiger partial charge on any atom is 0.354 e. The van der Waals surface area contributed by atoms with E-state index in [1.807, 2.05) is 48.5 Å². The molecule has 1 heterocycles. The number of likely N-dealkylation sites (tertiary alicyclic amines) is 1. The van der Waals surface area contributed by atoms with E-state index < -0.39 is 18.1 Å². The van der Waals surface area contributed by atoms with Crippen LogP contribution < -0.4 is 4.74 Å². The van der Waals surface area contributed by atoms with Crippen LogP contribution in [-0.4, -0.2) is 30.0 Å². The van der Waals surface area contributed by atoms with Crippen molar-refractivity contribution in [2.24, 2.45) is 0 Å². The molecule has 24 heavy (non-hydrogen) atoms. The highest BCUT2D eigenvalue weighted by molar-refractivity contribution is 5.99. The zero-order valence-corrected chi connectivity index (χ0v) is 13.2. The summed E-state index contributed by atoms with van der Waals surface area (Å²) in [6.45, 7) is 3.69. The number of ether oxygens (including phenoxy) is 2. The van der Waals surface area contributed by atoms with Crippen molar-refractivity contribution in [2.75, 3.05) is 7.11 Å². The predicted molar refractivity (Wildman–Crippen MR) is 88.0 cm³/mol. The van der Waals surface area contributed by atoms with Gasteiger partial charge in [0, 0.05) is 0 Å². The van der Waals surface area contributed by atoms with Crippen LogP contribution in [-0.2, 0) is 14.3 Å². The fourth-order valence-corrected chi connectivity index (χ4v) is 2.71. The van der Waals surface area contributed by atoms with Crippen LogP contribution in [0.4, 0.5) is 0 Å². The van der Waals surface area contributed by atoms with Gasteiger partial charge >= 0.3 is 5.97 Å². The summed E-state index contributed by atoms with van der Waals surface area (Å²) >= 11 is 0. The fourth-order valence-electron chi connectivity index (χ4n) is 2.71. The summed E-state index contributed by atoms with van der Waals surface area (Å²) in [5.74, 6) is -0.356. The monoisotopic (exact) mass is 323 g/mol. The van der Waals surface area contributed by atoms with E-state index in [2.05, 4.69) is 11.3 Å². The zero-order chi connectivity index (χ0) is 17.1. The molecule has 2 atom stereocenters. The third-order valence-corrected chi connectivity index (χ3v) is 3.90. The van der Waals surface area contributed by atoms with Gasteiger partial charge in [-0.2, -0.15) is 0 Å². The van der Waals surface area contributed by atoms with Gasteiger partial charge in [-0.05, 0) is 17.7 Å². The molecule has 1 aliphatic heterocycles. The molecule has 1 fully saturated rings. The van der Waals surface area contributed by atoms with E-state index in [1.165, 1.54) is 12.0 Å². The first-order chi connectivity index (χ1) is 11.6. The van der Waals surface area contributed by atoms with Gasteiger partial charge in [0.1, 0.15) is 17.5 Å². The molecule has 0 aliphatic carbocycles. The molecule has 0 bridgehead atoms. The van der Waals surface area contributed by atoms with Crippen LogP contribution in [0, 0.1) is 0 Å². The molecule has 1 amide bonds. The average Bonchev–Trinajstić information content (AvgIpc) is 2.64. The number of para-hydroxylation sites is 1. The van der Waals surface area contributed by atoms with Gasteiger partial charge in [-0.3, -0.25) is 9.69 Å². The van der Waals surface area contributed by atoms with E-state index in [0.29, 0.717) is 5.75 Å². The van der Waals surface area contributed by atoms with Crippen molar-refractivity contribution in [2.45, 2.75) is 12.1 Å². The van der Waals surface area contributed by atoms with Gasteiger partial charge in [0.2, 0.25) is 6.10 Å². The lowest BCUT2D eigenvalue weighted by Gasteiger charge is -2.46. The summed E-state index contributed by atoms with van der Waals surface area (Å²) in [5.41, 5.74) is 0.868. The second kappa shape index (κ2) is 6.58. The van der Waals surface area contributed by atoms with Gasteiger partial charge in [0.15, 0.2) is 0 Å². The molecule has 5 nitrogen and oxygen atoms in total. The number of rotatable bonds is 5. The molecule has 0 radical (unpaired) electrons. The Labute approximate surface area is 140 Å². The Hall–Kier alpha value is -3.08. The van der Waals surface area contributed by atoms with Crippen molar-refractivity contribution < 1.29 is 19.1 Å². The molecule has 5 heteroatoms. The Morgan fingerprint density at radius 1 is 1.04 bits per heavy atom. The highest BCUT2D eigenvalue weighted by Crippen LogP contribution is 2.40. The number of hydrogen-bond donors (Lipinski definition) is 0. The normalized spacial score (nSPS) is 19.4. The quantitative estimate of drug-likeness (QED) is 0.482. The number of carbonyl (C=O) groups is 2. The number of methoxy groups -OCH3 is 1. The molecule has 0 aromatic heterocycles. The minimum absolute atomic E-state index is 0.00395. The SMILES string of the molecule is C=C(C(=O)OC)N1C(=O)[C@H](Oc2ccccc2)[C@@H]1c1ccccc1. The molecule has 1 saturated heterocycles. The number of hydrogen-bond acceptors (Lipinski definition) is 4. The molecule has 3 rings (SSSR count). The Kier molecular flexibility index (Phi) is 4.33. The lowest BCUT2D eigenvalue weighted by molar-refractivity contribution is -0.164. The zero-order valence-electron chi connectivity index (χ0n) is 13.2. The van der Waals surface area contributed by atoms with Crippen molar-refractivity contribution in [3.8, 4) is 5.75 Å². The predicted octanol–water partition coefficient (Wildman–Crippen LogP) is 2.70. The average molecular weight is 323 g/mol. The van der Waals surface area contributed by atoms with Gasteiger partial charge < -0.3 is 9.47 Å². The minimum Gasteiger partial charge on any atom is -0.478 e. The second-order valence-electron chi connectivity index (χ2n) is 5.35. The molecule has 122 valence electrons.